The second-order valence-corrected chi connectivity index (χ2v) is 5.25. The Morgan fingerprint density at radius 3 is 2.50 bits per heavy atom. The molecule has 0 saturated heterocycles. The summed E-state index contributed by atoms with van der Waals surface area (Å²) in [6.07, 6.45) is 1.76. The standard InChI is InChI=1S/C14H20N2O2/c1-16(9-11-6-13(17)7-11)8-10-2-4-12(5-3-10)14(15)18/h2-5,11,13,17H,6-9H2,1H3,(H2,15,18). The van der Waals surface area contributed by atoms with Crippen molar-refractivity contribution in [2.45, 2.75) is 25.5 Å². The van der Waals surface area contributed by atoms with Crippen molar-refractivity contribution in [3.63, 3.8) is 0 Å². The van der Waals surface area contributed by atoms with Gasteiger partial charge in [-0.15, -0.1) is 0 Å². The van der Waals surface area contributed by atoms with Crippen LogP contribution in [0.4, 0.5) is 0 Å². The highest BCUT2D eigenvalue weighted by atomic mass is 16.3. The van der Waals surface area contributed by atoms with Crippen molar-refractivity contribution < 1.29 is 9.90 Å². The Kier molecular flexibility index (Phi) is 3.99. The van der Waals surface area contributed by atoms with Crippen molar-refractivity contribution in [2.75, 3.05) is 13.6 Å². The van der Waals surface area contributed by atoms with Gasteiger partial charge < -0.3 is 15.7 Å². The van der Waals surface area contributed by atoms with Crippen LogP contribution in [0.1, 0.15) is 28.8 Å². The van der Waals surface area contributed by atoms with Gasteiger partial charge in [0.15, 0.2) is 0 Å². The number of primary amides is 1. The van der Waals surface area contributed by atoms with Gasteiger partial charge in [0.1, 0.15) is 0 Å². The van der Waals surface area contributed by atoms with E-state index in [1.54, 1.807) is 12.1 Å². The third kappa shape index (κ3) is 3.31. The zero-order valence-electron chi connectivity index (χ0n) is 10.7. The highest BCUT2D eigenvalue weighted by molar-refractivity contribution is 5.92. The number of aliphatic hydroxyl groups is 1. The summed E-state index contributed by atoms with van der Waals surface area (Å²) in [5.74, 6) is 0.230. The lowest BCUT2D eigenvalue weighted by Gasteiger charge is -2.34. The second kappa shape index (κ2) is 5.50. The van der Waals surface area contributed by atoms with Crippen molar-refractivity contribution >= 4 is 5.91 Å². The third-order valence-electron chi connectivity index (χ3n) is 3.47. The van der Waals surface area contributed by atoms with Gasteiger partial charge in [-0.25, -0.2) is 0 Å². The average Bonchev–Trinajstić information content (AvgIpc) is 2.27. The van der Waals surface area contributed by atoms with E-state index in [2.05, 4.69) is 11.9 Å². The van der Waals surface area contributed by atoms with Gasteiger partial charge in [0.2, 0.25) is 5.91 Å². The Labute approximate surface area is 107 Å². The topological polar surface area (TPSA) is 66.6 Å². The fraction of sp³-hybridized carbons (Fsp3) is 0.500. The van der Waals surface area contributed by atoms with Crippen LogP contribution in [0, 0.1) is 5.92 Å². The summed E-state index contributed by atoms with van der Waals surface area (Å²) in [5, 5.41) is 9.24. The van der Waals surface area contributed by atoms with Gasteiger partial charge >= 0.3 is 0 Å². The predicted octanol–water partition coefficient (Wildman–Crippen LogP) is 0.988. The lowest BCUT2D eigenvalue weighted by atomic mass is 9.82. The highest BCUT2D eigenvalue weighted by Crippen LogP contribution is 2.27. The molecule has 0 unspecified atom stereocenters. The molecule has 4 nitrogen and oxygen atoms in total. The first-order valence-corrected chi connectivity index (χ1v) is 6.30. The summed E-state index contributed by atoms with van der Waals surface area (Å²) in [4.78, 5) is 13.2. The molecule has 0 aliphatic heterocycles. The number of rotatable bonds is 5. The number of hydrogen-bond donors (Lipinski definition) is 2. The quantitative estimate of drug-likeness (QED) is 0.816. The molecule has 18 heavy (non-hydrogen) atoms. The number of amides is 1. The van der Waals surface area contributed by atoms with Crippen molar-refractivity contribution in [1.29, 1.82) is 0 Å². The lowest BCUT2D eigenvalue weighted by molar-refractivity contribution is 0.0274. The summed E-state index contributed by atoms with van der Waals surface area (Å²) in [6.45, 7) is 1.86. The SMILES string of the molecule is CN(Cc1ccc(C(N)=O)cc1)CC1CC(O)C1. The molecule has 0 spiro atoms. The van der Waals surface area contributed by atoms with Crippen LogP contribution in [0.3, 0.4) is 0 Å². The molecule has 3 N–H and O–H groups in total. The smallest absolute Gasteiger partial charge is 0.248 e. The van der Waals surface area contributed by atoms with Crippen LogP contribution < -0.4 is 5.73 Å². The Balaban J connectivity index is 1.83. The Hall–Kier alpha value is -1.39. The van der Waals surface area contributed by atoms with Crippen LogP contribution in [0.25, 0.3) is 0 Å². The van der Waals surface area contributed by atoms with E-state index in [1.165, 1.54) is 5.56 Å². The first-order valence-electron chi connectivity index (χ1n) is 6.30. The maximum Gasteiger partial charge on any atom is 0.248 e. The van der Waals surface area contributed by atoms with Crippen LogP contribution in [0.5, 0.6) is 0 Å². The molecule has 0 atom stereocenters. The number of carbonyl (C=O) groups is 1. The van der Waals surface area contributed by atoms with Crippen molar-refractivity contribution in [3.8, 4) is 0 Å². The Morgan fingerprint density at radius 1 is 1.39 bits per heavy atom. The van der Waals surface area contributed by atoms with E-state index in [0.29, 0.717) is 11.5 Å². The molecular formula is C14H20N2O2. The maximum absolute atomic E-state index is 10.9. The molecule has 2 rings (SSSR count). The molecule has 1 amide bonds. The normalized spacial score (nSPS) is 22.8. The maximum atomic E-state index is 10.9. The molecule has 4 heteroatoms. The molecule has 0 bridgehead atoms. The summed E-state index contributed by atoms with van der Waals surface area (Å²) in [7, 11) is 2.08. The molecule has 0 heterocycles. The Bertz CT molecular complexity index is 410. The summed E-state index contributed by atoms with van der Waals surface area (Å²) >= 11 is 0. The molecule has 1 aliphatic rings. The summed E-state index contributed by atoms with van der Waals surface area (Å²) in [6, 6.07) is 7.40. The highest BCUT2D eigenvalue weighted by Gasteiger charge is 2.27. The minimum absolute atomic E-state index is 0.0850. The Morgan fingerprint density at radius 2 is 2.00 bits per heavy atom. The van der Waals surface area contributed by atoms with Gasteiger partial charge in [-0.1, -0.05) is 12.1 Å². The molecular weight excluding hydrogens is 228 g/mol. The molecule has 1 aliphatic carbocycles. The van der Waals surface area contributed by atoms with Crippen molar-refractivity contribution in [2.24, 2.45) is 11.7 Å². The van der Waals surface area contributed by atoms with Crippen molar-refractivity contribution in [1.82, 2.24) is 4.90 Å². The van der Waals surface area contributed by atoms with Crippen LogP contribution in [-0.2, 0) is 6.54 Å². The monoisotopic (exact) mass is 248 g/mol. The van der Waals surface area contributed by atoms with Gasteiger partial charge in [-0.3, -0.25) is 4.79 Å². The average molecular weight is 248 g/mol. The molecule has 0 radical (unpaired) electrons. The largest absolute Gasteiger partial charge is 0.393 e. The number of carbonyl (C=O) groups excluding carboxylic acids is 1. The first-order chi connectivity index (χ1) is 8.54. The second-order valence-electron chi connectivity index (χ2n) is 5.25. The summed E-state index contributed by atoms with van der Waals surface area (Å²) < 4.78 is 0. The van der Waals surface area contributed by atoms with E-state index < -0.39 is 5.91 Å². The lowest BCUT2D eigenvalue weighted by Crippen LogP contribution is -2.36. The van der Waals surface area contributed by atoms with E-state index in [4.69, 9.17) is 5.73 Å². The van der Waals surface area contributed by atoms with E-state index >= 15 is 0 Å². The van der Waals surface area contributed by atoms with Gasteiger partial charge in [0.25, 0.3) is 0 Å². The first kappa shape index (κ1) is 13.1. The number of hydrogen-bond acceptors (Lipinski definition) is 3. The van der Waals surface area contributed by atoms with Crippen LogP contribution in [0.15, 0.2) is 24.3 Å². The molecule has 1 fully saturated rings. The van der Waals surface area contributed by atoms with Gasteiger partial charge in [-0.2, -0.15) is 0 Å². The fourth-order valence-electron chi connectivity index (χ4n) is 2.44. The van der Waals surface area contributed by atoms with Gasteiger partial charge in [0.05, 0.1) is 6.10 Å². The van der Waals surface area contributed by atoms with Crippen LogP contribution in [0.2, 0.25) is 0 Å². The van der Waals surface area contributed by atoms with Crippen molar-refractivity contribution in [3.05, 3.63) is 35.4 Å². The molecule has 0 aromatic heterocycles. The van der Waals surface area contributed by atoms with E-state index in [0.717, 1.165) is 25.9 Å². The molecule has 1 aromatic carbocycles. The van der Waals surface area contributed by atoms with Crippen LogP contribution >= 0.6 is 0 Å². The zero-order valence-corrected chi connectivity index (χ0v) is 10.7. The molecule has 1 saturated carbocycles. The minimum atomic E-state index is -0.390. The number of nitrogens with two attached hydrogens (primary N) is 1. The van der Waals surface area contributed by atoms with Gasteiger partial charge in [-0.05, 0) is 43.5 Å². The van der Waals surface area contributed by atoms with E-state index in [9.17, 15) is 9.90 Å². The minimum Gasteiger partial charge on any atom is -0.393 e. The van der Waals surface area contributed by atoms with Crippen LogP contribution in [-0.4, -0.2) is 35.6 Å². The molecule has 98 valence electrons. The third-order valence-corrected chi connectivity index (χ3v) is 3.47. The summed E-state index contributed by atoms with van der Waals surface area (Å²) in [5.41, 5.74) is 6.91. The number of benzene rings is 1. The number of aliphatic hydroxyl groups excluding tert-OH is 1. The number of nitrogens with zero attached hydrogens (tertiary/aromatic N) is 1. The van der Waals surface area contributed by atoms with E-state index in [1.807, 2.05) is 12.1 Å². The fourth-order valence-corrected chi connectivity index (χ4v) is 2.44. The molecule has 1 aromatic rings. The predicted molar refractivity (Wildman–Crippen MR) is 70.0 cm³/mol. The van der Waals surface area contributed by atoms with E-state index in [-0.39, 0.29) is 6.10 Å². The van der Waals surface area contributed by atoms with Gasteiger partial charge in [0, 0.05) is 18.7 Å². The zero-order chi connectivity index (χ0) is 13.1.